The number of halogens is 2. The molecule has 0 spiro atoms. The predicted molar refractivity (Wildman–Crippen MR) is 69.4 cm³/mol. The normalized spacial score (nSPS) is 18.8. The number of fused-ring (bicyclic) bond motifs is 1. The molecule has 1 saturated carbocycles. The molecule has 2 aliphatic rings. The van der Waals surface area contributed by atoms with E-state index in [1.54, 1.807) is 0 Å². The van der Waals surface area contributed by atoms with Crippen LogP contribution in [0.5, 0.6) is 11.5 Å². The molecule has 1 aliphatic carbocycles. The summed E-state index contributed by atoms with van der Waals surface area (Å²) < 4.78 is 12.2. The third kappa shape index (κ3) is 2.11. The quantitative estimate of drug-likeness (QED) is 0.178. The summed E-state index contributed by atoms with van der Waals surface area (Å²) in [5.41, 5.74) is 0.590. The number of rotatable bonds is 3. The van der Waals surface area contributed by atoms with Gasteiger partial charge in [0, 0.05) is 0 Å². The maximum atomic E-state index is 12.3. The van der Waals surface area contributed by atoms with E-state index in [1.807, 2.05) is 18.2 Å². The SMILES string of the molecule is N[N]([Al][I])C(=O)C1(c2ccc3c(c2)O[I-]O3)CC1. The van der Waals surface area contributed by atoms with Crippen molar-refractivity contribution in [1.82, 2.24) is 3.99 Å². The number of amides is 1. The molecule has 2 N–H and O–H groups in total. The van der Waals surface area contributed by atoms with E-state index in [9.17, 15) is 4.79 Å². The molecular weight excluding hydrogens is 477 g/mol. The molecule has 0 saturated heterocycles. The van der Waals surface area contributed by atoms with Crippen LogP contribution in [0, 0.1) is 0 Å². The van der Waals surface area contributed by atoms with Crippen molar-refractivity contribution in [2.24, 2.45) is 5.84 Å². The van der Waals surface area contributed by atoms with Crippen LogP contribution >= 0.6 is 20.3 Å². The Balaban J connectivity index is 1.93. The third-order valence-corrected chi connectivity index (χ3v) is 6.78. The average molecular weight is 486 g/mol. The van der Waals surface area contributed by atoms with E-state index in [1.165, 1.54) is 3.99 Å². The Bertz CT molecular complexity index is 510. The van der Waals surface area contributed by atoms with E-state index < -0.39 is 27.4 Å². The van der Waals surface area contributed by atoms with Crippen LogP contribution in [0.1, 0.15) is 18.4 Å². The fourth-order valence-electron chi connectivity index (χ4n) is 2.06. The first-order valence-electron chi connectivity index (χ1n) is 5.32. The minimum absolute atomic E-state index is 0.0282. The maximum absolute atomic E-state index is 12.3. The molecule has 0 bridgehead atoms. The Kier molecular flexibility index (Phi) is 3.66. The Labute approximate surface area is 133 Å². The number of nitrogens with zero attached hydrogens (tertiary/aromatic N) is 1. The van der Waals surface area contributed by atoms with Gasteiger partial charge in [0.2, 0.25) is 0 Å². The van der Waals surface area contributed by atoms with Crippen molar-refractivity contribution in [3.8, 4) is 11.5 Å². The van der Waals surface area contributed by atoms with Gasteiger partial charge in [-0.05, 0) is 0 Å². The summed E-state index contributed by atoms with van der Waals surface area (Å²) in [6.45, 7) is 0. The number of hydrazine groups is 1. The predicted octanol–water partition coefficient (Wildman–Crippen LogP) is -1.92. The zero-order valence-electron chi connectivity index (χ0n) is 9.23. The fraction of sp³-hybridized carbons (Fsp3) is 0.300. The van der Waals surface area contributed by atoms with Gasteiger partial charge in [0.25, 0.3) is 0 Å². The van der Waals surface area contributed by atoms with Crippen LogP contribution in [0.3, 0.4) is 0 Å². The molecule has 95 valence electrons. The van der Waals surface area contributed by atoms with Gasteiger partial charge in [-0.15, -0.1) is 0 Å². The molecule has 1 aromatic carbocycles. The molecule has 1 heterocycles. The van der Waals surface area contributed by atoms with E-state index >= 15 is 0 Å². The minimum atomic E-state index is -0.666. The van der Waals surface area contributed by atoms with Crippen molar-refractivity contribution >= 4 is 38.3 Å². The molecule has 1 amide bonds. The molecular formula is C10H9AlI2N2O3-. The van der Waals surface area contributed by atoms with Gasteiger partial charge in [0.05, 0.1) is 0 Å². The van der Waals surface area contributed by atoms with Crippen molar-refractivity contribution in [1.29, 1.82) is 0 Å². The van der Waals surface area contributed by atoms with Gasteiger partial charge in [0.1, 0.15) is 0 Å². The standard InChI is InChI=1S/C10H10IN2O3.Al.HI/c12-13-9(14)10(3-4-10)6-1-2-7-8(5-6)16-11-15-7;;/h1-2,5H,3-4,12H2,(H,13,14);;1H/q-1;+2;/p-2. The molecule has 5 nitrogen and oxygen atoms in total. The first-order chi connectivity index (χ1) is 8.67. The van der Waals surface area contributed by atoms with E-state index in [0.717, 1.165) is 29.9 Å². The van der Waals surface area contributed by atoms with Crippen molar-refractivity contribution in [2.45, 2.75) is 18.3 Å². The molecule has 18 heavy (non-hydrogen) atoms. The Morgan fingerprint density at radius 2 is 2.17 bits per heavy atom. The second-order valence-corrected chi connectivity index (χ2v) is 7.93. The molecule has 0 atom stereocenters. The van der Waals surface area contributed by atoms with Crippen LogP contribution < -0.4 is 34.0 Å². The number of carbonyl (C=O) groups excluding carboxylic acids is 1. The fourth-order valence-corrected chi connectivity index (χ4v) is 4.34. The molecule has 1 fully saturated rings. The summed E-state index contributed by atoms with van der Waals surface area (Å²) in [7, 11) is 0. The number of hydrogen-bond acceptors (Lipinski definition) is 4. The van der Waals surface area contributed by atoms with Crippen LogP contribution in [-0.2, 0) is 10.2 Å². The van der Waals surface area contributed by atoms with Crippen molar-refractivity contribution < 1.29 is 33.0 Å². The zero-order valence-corrected chi connectivity index (χ0v) is 14.7. The summed E-state index contributed by atoms with van der Waals surface area (Å²) in [6, 6.07) is 5.78. The van der Waals surface area contributed by atoms with E-state index in [4.69, 9.17) is 12.0 Å². The van der Waals surface area contributed by atoms with Crippen LogP contribution in [-0.4, -0.2) is 22.1 Å². The number of hydrogen-bond donors (Lipinski definition) is 1. The molecule has 3 rings (SSSR count). The molecule has 0 aromatic heterocycles. The van der Waals surface area contributed by atoms with Gasteiger partial charge in [-0.3, -0.25) is 0 Å². The summed E-state index contributed by atoms with van der Waals surface area (Å²) in [4.78, 5) is 12.3. The first-order valence-corrected chi connectivity index (χ1v) is 11.8. The van der Waals surface area contributed by atoms with Gasteiger partial charge in [0.15, 0.2) is 0 Å². The van der Waals surface area contributed by atoms with Crippen molar-refractivity contribution in [3.05, 3.63) is 23.8 Å². The van der Waals surface area contributed by atoms with Gasteiger partial charge in [-0.1, -0.05) is 0 Å². The van der Waals surface area contributed by atoms with Crippen LogP contribution in [0.2, 0.25) is 0 Å². The van der Waals surface area contributed by atoms with E-state index in [2.05, 4.69) is 20.3 Å². The summed E-state index contributed by atoms with van der Waals surface area (Å²) in [5, 5.41) is 0. The van der Waals surface area contributed by atoms with E-state index in [-0.39, 0.29) is 18.1 Å². The van der Waals surface area contributed by atoms with Crippen LogP contribution in [0.4, 0.5) is 0 Å². The third-order valence-electron chi connectivity index (χ3n) is 3.22. The number of benzene rings is 1. The summed E-state index contributed by atoms with van der Waals surface area (Å²) in [5.74, 6) is 7.34. The average Bonchev–Trinajstić information content (AvgIpc) is 3.08. The summed E-state index contributed by atoms with van der Waals surface area (Å²) >= 11 is 1.29. The van der Waals surface area contributed by atoms with Crippen molar-refractivity contribution in [3.63, 3.8) is 0 Å². The monoisotopic (exact) mass is 486 g/mol. The first kappa shape index (κ1) is 13.2. The van der Waals surface area contributed by atoms with E-state index in [0.29, 0.717) is 0 Å². The molecule has 0 unspecified atom stereocenters. The van der Waals surface area contributed by atoms with Gasteiger partial charge in [-0.25, -0.2) is 0 Å². The van der Waals surface area contributed by atoms with Gasteiger partial charge < -0.3 is 0 Å². The Morgan fingerprint density at radius 1 is 1.44 bits per heavy atom. The Morgan fingerprint density at radius 3 is 2.83 bits per heavy atom. The molecule has 1 aliphatic heterocycles. The van der Waals surface area contributed by atoms with Crippen molar-refractivity contribution in [2.75, 3.05) is 0 Å². The second kappa shape index (κ2) is 4.97. The van der Waals surface area contributed by atoms with Crippen LogP contribution in [0.25, 0.3) is 0 Å². The zero-order chi connectivity index (χ0) is 12.8. The number of carbonyl (C=O) groups is 1. The number of nitrogens with two attached hydrogens (primary N) is 1. The Hall–Kier alpha value is 0.242. The van der Waals surface area contributed by atoms with Gasteiger partial charge >= 0.3 is 135 Å². The molecule has 8 heteroatoms. The topological polar surface area (TPSA) is 64.8 Å². The van der Waals surface area contributed by atoms with Crippen LogP contribution in [0.15, 0.2) is 18.2 Å². The molecule has 1 aromatic rings. The summed E-state index contributed by atoms with van der Waals surface area (Å²) in [6.07, 6.45) is 1.73. The van der Waals surface area contributed by atoms with Gasteiger partial charge in [-0.2, -0.15) is 0 Å². The second-order valence-electron chi connectivity index (χ2n) is 4.27. The molecule has 1 radical (unpaired) electrons.